The molecule has 4 heteroatoms. The summed E-state index contributed by atoms with van der Waals surface area (Å²) in [6, 6.07) is 7.45. The van der Waals surface area contributed by atoms with Crippen molar-refractivity contribution in [2.75, 3.05) is 7.05 Å². The normalized spacial score (nSPS) is 14.5. The van der Waals surface area contributed by atoms with Crippen LogP contribution in [0.1, 0.15) is 50.8 Å². The molecule has 0 aliphatic rings. The predicted molar refractivity (Wildman–Crippen MR) is 72.2 cm³/mol. The average Bonchev–Trinajstić information content (AvgIpc) is 2.27. The van der Waals surface area contributed by atoms with E-state index in [1.807, 2.05) is 24.3 Å². The zero-order valence-corrected chi connectivity index (χ0v) is 11.9. The molecule has 1 rings (SSSR count). The minimum absolute atomic E-state index is 0.0626. The van der Waals surface area contributed by atoms with Gasteiger partial charge in [0, 0.05) is 12.5 Å². The van der Waals surface area contributed by atoms with E-state index in [0.29, 0.717) is 0 Å². The molecule has 0 aliphatic carbocycles. The Kier molecular flexibility index (Phi) is 5.02. The number of alkyl halides is 3. The van der Waals surface area contributed by atoms with Crippen LogP contribution in [-0.2, 0) is 5.41 Å². The Bertz CT molecular complexity index is 405. The van der Waals surface area contributed by atoms with E-state index in [2.05, 4.69) is 26.1 Å². The molecule has 108 valence electrons. The van der Waals surface area contributed by atoms with E-state index in [4.69, 9.17) is 0 Å². The van der Waals surface area contributed by atoms with E-state index in [1.54, 1.807) is 7.05 Å². The zero-order chi connectivity index (χ0) is 14.7. The topological polar surface area (TPSA) is 12.0 Å². The molecule has 1 nitrogen and oxygen atoms in total. The van der Waals surface area contributed by atoms with Crippen molar-refractivity contribution in [2.24, 2.45) is 0 Å². The Morgan fingerprint density at radius 2 is 1.68 bits per heavy atom. The molecule has 0 saturated carbocycles. The molecule has 0 spiro atoms. The van der Waals surface area contributed by atoms with E-state index in [0.717, 1.165) is 11.1 Å². The summed E-state index contributed by atoms with van der Waals surface area (Å²) in [7, 11) is 1.71. The van der Waals surface area contributed by atoms with Gasteiger partial charge < -0.3 is 5.32 Å². The first-order valence-electron chi connectivity index (χ1n) is 6.48. The first-order valence-corrected chi connectivity index (χ1v) is 6.48. The van der Waals surface area contributed by atoms with E-state index >= 15 is 0 Å². The fraction of sp³-hybridized carbons (Fsp3) is 0.600. The highest BCUT2D eigenvalue weighted by Gasteiger charge is 2.29. The van der Waals surface area contributed by atoms with Gasteiger partial charge in [0.05, 0.1) is 0 Å². The van der Waals surface area contributed by atoms with Gasteiger partial charge in [-0.2, -0.15) is 13.2 Å². The lowest BCUT2D eigenvalue weighted by Gasteiger charge is -2.27. The van der Waals surface area contributed by atoms with Crippen LogP contribution in [0.3, 0.4) is 0 Å². The summed E-state index contributed by atoms with van der Waals surface area (Å²) in [6.45, 7) is 6.22. The molecule has 0 amide bonds. The molecule has 0 radical (unpaired) electrons. The molecule has 1 N–H and O–H groups in total. The lowest BCUT2D eigenvalue weighted by molar-refractivity contribution is -0.136. The first kappa shape index (κ1) is 16.0. The summed E-state index contributed by atoms with van der Waals surface area (Å²) >= 11 is 0. The van der Waals surface area contributed by atoms with Crippen LogP contribution in [0.5, 0.6) is 0 Å². The molecule has 0 saturated heterocycles. The zero-order valence-electron chi connectivity index (χ0n) is 11.9. The molecule has 0 heterocycles. The summed E-state index contributed by atoms with van der Waals surface area (Å²) in [5, 5.41) is 3.00. The maximum absolute atomic E-state index is 12.4. The molecule has 19 heavy (non-hydrogen) atoms. The Hall–Kier alpha value is -1.03. The van der Waals surface area contributed by atoms with Crippen molar-refractivity contribution in [1.29, 1.82) is 0 Å². The number of hydrogen-bond donors (Lipinski definition) is 1. The molecule has 0 aliphatic heterocycles. The van der Waals surface area contributed by atoms with Crippen LogP contribution in [-0.4, -0.2) is 13.2 Å². The van der Waals surface area contributed by atoms with Crippen LogP contribution in [0, 0.1) is 0 Å². The van der Waals surface area contributed by atoms with Crippen LogP contribution >= 0.6 is 0 Å². The minimum Gasteiger partial charge on any atom is -0.313 e. The fourth-order valence-electron chi connectivity index (χ4n) is 2.25. The molecule has 1 aromatic carbocycles. The monoisotopic (exact) mass is 273 g/mol. The van der Waals surface area contributed by atoms with E-state index in [1.165, 1.54) is 0 Å². The molecule has 0 aromatic heterocycles. The molecular weight excluding hydrogens is 251 g/mol. The van der Waals surface area contributed by atoms with Crippen molar-refractivity contribution in [1.82, 2.24) is 5.32 Å². The first-order chi connectivity index (χ1) is 8.65. The van der Waals surface area contributed by atoms with Crippen molar-refractivity contribution in [3.05, 3.63) is 35.4 Å². The highest BCUT2D eigenvalue weighted by Crippen LogP contribution is 2.33. The van der Waals surface area contributed by atoms with Gasteiger partial charge in [0.25, 0.3) is 0 Å². The number of hydrogen-bond acceptors (Lipinski definition) is 1. The van der Waals surface area contributed by atoms with Crippen molar-refractivity contribution in [2.45, 2.75) is 51.2 Å². The van der Waals surface area contributed by atoms with Crippen LogP contribution in [0.2, 0.25) is 0 Å². The molecule has 1 unspecified atom stereocenters. The number of benzene rings is 1. The quantitative estimate of drug-likeness (QED) is 0.846. The maximum Gasteiger partial charge on any atom is 0.389 e. The van der Waals surface area contributed by atoms with Crippen molar-refractivity contribution < 1.29 is 13.2 Å². The van der Waals surface area contributed by atoms with E-state index < -0.39 is 12.6 Å². The highest BCUT2D eigenvalue weighted by atomic mass is 19.4. The molecule has 1 atom stereocenters. The lowest BCUT2D eigenvalue weighted by atomic mass is 9.81. The second-order valence-electron chi connectivity index (χ2n) is 5.83. The van der Waals surface area contributed by atoms with E-state index in [9.17, 15) is 13.2 Å². The number of rotatable bonds is 4. The van der Waals surface area contributed by atoms with Gasteiger partial charge in [-0.1, -0.05) is 45.0 Å². The lowest BCUT2D eigenvalue weighted by Crippen LogP contribution is -2.24. The van der Waals surface area contributed by atoms with Crippen molar-refractivity contribution >= 4 is 0 Å². The second-order valence-corrected chi connectivity index (χ2v) is 5.83. The summed E-state index contributed by atoms with van der Waals surface area (Å²) in [5.74, 6) is 0. The Labute approximate surface area is 113 Å². The highest BCUT2D eigenvalue weighted by molar-refractivity contribution is 5.35. The second kappa shape index (κ2) is 5.95. The van der Waals surface area contributed by atoms with Gasteiger partial charge >= 0.3 is 6.18 Å². The van der Waals surface area contributed by atoms with Gasteiger partial charge in [0.1, 0.15) is 0 Å². The van der Waals surface area contributed by atoms with Crippen LogP contribution in [0.25, 0.3) is 0 Å². The SMILES string of the molecule is CNC(CCC(F)(F)F)c1ccccc1C(C)(C)C. The van der Waals surface area contributed by atoms with Gasteiger partial charge in [-0.25, -0.2) is 0 Å². The van der Waals surface area contributed by atoms with Gasteiger partial charge in [0.2, 0.25) is 0 Å². The average molecular weight is 273 g/mol. The third-order valence-corrected chi connectivity index (χ3v) is 3.21. The fourth-order valence-corrected chi connectivity index (χ4v) is 2.25. The number of halogens is 3. The Morgan fingerprint density at radius 3 is 2.16 bits per heavy atom. The minimum atomic E-state index is -4.11. The summed E-state index contributed by atoms with van der Waals surface area (Å²) in [6.07, 6.45) is -4.81. The molecule has 1 aromatic rings. The third-order valence-electron chi connectivity index (χ3n) is 3.21. The van der Waals surface area contributed by atoms with Crippen LogP contribution in [0.15, 0.2) is 24.3 Å². The van der Waals surface area contributed by atoms with Gasteiger partial charge in [-0.3, -0.25) is 0 Å². The third kappa shape index (κ3) is 4.86. The standard InChI is InChI=1S/C15H22F3N/c1-14(2,3)12-8-6-5-7-11(12)13(19-4)9-10-15(16,17)18/h5-8,13,19H,9-10H2,1-4H3. The van der Waals surface area contributed by atoms with Crippen molar-refractivity contribution in [3.8, 4) is 0 Å². The largest absolute Gasteiger partial charge is 0.389 e. The molecule has 0 fully saturated rings. The molecular formula is C15H22F3N. The van der Waals surface area contributed by atoms with Crippen LogP contribution in [0.4, 0.5) is 13.2 Å². The van der Waals surface area contributed by atoms with Gasteiger partial charge in [-0.05, 0) is 30.0 Å². The van der Waals surface area contributed by atoms with E-state index in [-0.39, 0.29) is 17.9 Å². The van der Waals surface area contributed by atoms with Crippen molar-refractivity contribution in [3.63, 3.8) is 0 Å². The summed E-state index contributed by atoms with van der Waals surface area (Å²) < 4.78 is 37.1. The van der Waals surface area contributed by atoms with Gasteiger partial charge in [0.15, 0.2) is 0 Å². The van der Waals surface area contributed by atoms with Gasteiger partial charge in [-0.15, -0.1) is 0 Å². The Balaban J connectivity index is 2.99. The number of nitrogens with one attached hydrogen (secondary N) is 1. The molecule has 0 bridgehead atoms. The smallest absolute Gasteiger partial charge is 0.313 e. The maximum atomic E-state index is 12.4. The summed E-state index contributed by atoms with van der Waals surface area (Å²) in [5.41, 5.74) is 1.97. The summed E-state index contributed by atoms with van der Waals surface area (Å²) in [4.78, 5) is 0. The van der Waals surface area contributed by atoms with Crippen LogP contribution < -0.4 is 5.32 Å². The predicted octanol–water partition coefficient (Wildman–Crippen LogP) is 4.59. The Morgan fingerprint density at radius 1 is 1.11 bits per heavy atom.